The van der Waals surface area contributed by atoms with Crippen molar-refractivity contribution >= 4 is 34.4 Å². The number of fused-ring (bicyclic) bond motifs is 4. The molecule has 7 heteroatoms. The first-order valence-corrected chi connectivity index (χ1v) is 12.7. The molecule has 0 saturated carbocycles. The van der Waals surface area contributed by atoms with Crippen LogP contribution in [-0.4, -0.2) is 40.3 Å². The molecule has 2 aliphatic rings. The average Bonchev–Trinajstić information content (AvgIpc) is 3.41. The van der Waals surface area contributed by atoms with E-state index in [1.807, 2.05) is 56.3 Å². The summed E-state index contributed by atoms with van der Waals surface area (Å²) in [5, 5.41) is 3.93. The average molecular weight is 493 g/mol. The normalized spacial score (nSPS) is 18.8. The van der Waals surface area contributed by atoms with Crippen molar-refractivity contribution in [1.29, 1.82) is 0 Å². The molecule has 3 aromatic carbocycles. The first kappa shape index (κ1) is 23.0. The summed E-state index contributed by atoms with van der Waals surface area (Å²) in [5.41, 5.74) is 6.07. The van der Waals surface area contributed by atoms with Gasteiger partial charge in [0.15, 0.2) is 0 Å². The maximum absolute atomic E-state index is 13.9. The Balaban J connectivity index is 1.41. The molecule has 37 heavy (non-hydrogen) atoms. The molecule has 186 valence electrons. The summed E-state index contributed by atoms with van der Waals surface area (Å²) in [6, 6.07) is 21.5. The summed E-state index contributed by atoms with van der Waals surface area (Å²) in [7, 11) is 0. The lowest BCUT2D eigenvalue weighted by Gasteiger charge is -2.36. The number of hydrogen-bond donors (Lipinski definition) is 2. The molecule has 2 aliphatic heterocycles. The first-order valence-electron chi connectivity index (χ1n) is 12.7. The van der Waals surface area contributed by atoms with E-state index in [1.54, 1.807) is 29.2 Å². The fraction of sp³-hybridized carbons (Fsp3) is 0.233. The van der Waals surface area contributed by atoms with Crippen LogP contribution in [0.4, 0.5) is 10.5 Å². The Bertz CT molecular complexity index is 1520. The Kier molecular flexibility index (Phi) is 5.56. The van der Waals surface area contributed by atoms with Gasteiger partial charge in [-0.1, -0.05) is 55.0 Å². The van der Waals surface area contributed by atoms with Crippen LogP contribution in [0.1, 0.15) is 52.1 Å². The number of carbonyl (C=O) groups excluding carboxylic acids is 3. The van der Waals surface area contributed by atoms with Gasteiger partial charge < -0.3 is 10.3 Å². The third kappa shape index (κ3) is 3.69. The van der Waals surface area contributed by atoms with Crippen LogP contribution in [-0.2, 0) is 11.2 Å². The number of nitrogens with zero attached hydrogens (tertiary/aromatic N) is 2. The summed E-state index contributed by atoms with van der Waals surface area (Å²) in [6.45, 7) is 4.61. The highest BCUT2D eigenvalue weighted by atomic mass is 16.2. The van der Waals surface area contributed by atoms with E-state index in [-0.39, 0.29) is 17.8 Å². The number of imide groups is 1. The van der Waals surface area contributed by atoms with Gasteiger partial charge in [0.1, 0.15) is 12.1 Å². The van der Waals surface area contributed by atoms with Gasteiger partial charge in [0.05, 0.1) is 5.69 Å². The fourth-order valence-electron chi connectivity index (χ4n) is 5.51. The van der Waals surface area contributed by atoms with Gasteiger partial charge in [0.2, 0.25) is 0 Å². The molecule has 1 unspecified atom stereocenters. The van der Waals surface area contributed by atoms with Crippen molar-refractivity contribution in [3.63, 3.8) is 0 Å². The summed E-state index contributed by atoms with van der Waals surface area (Å²) < 4.78 is 0. The Morgan fingerprint density at radius 2 is 1.73 bits per heavy atom. The first-order chi connectivity index (χ1) is 18.0. The lowest BCUT2D eigenvalue weighted by Crippen LogP contribution is -2.44. The highest BCUT2D eigenvalue weighted by Gasteiger charge is 2.53. The van der Waals surface area contributed by atoms with Crippen LogP contribution in [0.2, 0.25) is 0 Å². The number of urea groups is 1. The minimum absolute atomic E-state index is 0.172. The number of aromatic nitrogens is 1. The minimum atomic E-state index is -0.613. The van der Waals surface area contributed by atoms with Gasteiger partial charge in [0.25, 0.3) is 11.8 Å². The molecule has 0 spiro atoms. The van der Waals surface area contributed by atoms with Crippen LogP contribution in [0.15, 0.2) is 72.8 Å². The molecule has 0 bridgehead atoms. The maximum atomic E-state index is 13.9. The monoisotopic (exact) mass is 492 g/mol. The number of para-hydroxylation sites is 1. The molecule has 0 radical (unpaired) electrons. The van der Waals surface area contributed by atoms with Crippen molar-refractivity contribution in [1.82, 2.24) is 15.2 Å². The fourth-order valence-corrected chi connectivity index (χ4v) is 5.51. The summed E-state index contributed by atoms with van der Waals surface area (Å²) in [4.78, 5) is 46.6. The summed E-state index contributed by atoms with van der Waals surface area (Å²) >= 11 is 0. The van der Waals surface area contributed by atoms with Gasteiger partial charge in [-0.2, -0.15) is 0 Å². The molecule has 4 amide bonds. The molecule has 2 atom stereocenters. The van der Waals surface area contributed by atoms with Crippen LogP contribution in [0, 0.1) is 6.92 Å². The molecule has 1 saturated heterocycles. The second kappa shape index (κ2) is 8.92. The maximum Gasteiger partial charge on any atom is 0.332 e. The second-order valence-corrected chi connectivity index (χ2v) is 9.76. The molecular weight excluding hydrogens is 464 g/mol. The topological polar surface area (TPSA) is 85.5 Å². The van der Waals surface area contributed by atoms with Crippen molar-refractivity contribution in [2.45, 2.75) is 38.8 Å². The SMILES string of the molecule is CCCNC(=O)c1ccc(N2C(=O)[C@@H]3Cc4c([nH]c5ccccc45)C(c4ccc(C)cc4)N3C2=O)cc1. The second-order valence-electron chi connectivity index (χ2n) is 9.76. The van der Waals surface area contributed by atoms with E-state index in [2.05, 4.69) is 16.4 Å². The van der Waals surface area contributed by atoms with E-state index >= 15 is 0 Å². The molecule has 6 rings (SSSR count). The summed E-state index contributed by atoms with van der Waals surface area (Å²) in [5.74, 6) is -0.420. The van der Waals surface area contributed by atoms with Crippen molar-refractivity contribution in [2.24, 2.45) is 0 Å². The molecule has 4 aromatic rings. The van der Waals surface area contributed by atoms with Crippen molar-refractivity contribution in [2.75, 3.05) is 11.4 Å². The van der Waals surface area contributed by atoms with E-state index in [4.69, 9.17) is 0 Å². The number of benzene rings is 3. The Morgan fingerprint density at radius 3 is 2.46 bits per heavy atom. The molecule has 1 fully saturated rings. The van der Waals surface area contributed by atoms with Gasteiger partial charge in [-0.15, -0.1) is 0 Å². The van der Waals surface area contributed by atoms with Crippen LogP contribution >= 0.6 is 0 Å². The molecule has 3 heterocycles. The van der Waals surface area contributed by atoms with Gasteiger partial charge in [-0.25, -0.2) is 9.69 Å². The van der Waals surface area contributed by atoms with E-state index in [0.29, 0.717) is 24.2 Å². The predicted octanol–water partition coefficient (Wildman–Crippen LogP) is 5.10. The number of rotatable bonds is 5. The number of hydrogen-bond acceptors (Lipinski definition) is 3. The van der Waals surface area contributed by atoms with Gasteiger partial charge in [-0.3, -0.25) is 14.5 Å². The van der Waals surface area contributed by atoms with Crippen LogP contribution in [0.25, 0.3) is 10.9 Å². The van der Waals surface area contributed by atoms with Gasteiger partial charge in [-0.05, 0) is 54.8 Å². The summed E-state index contributed by atoms with van der Waals surface area (Å²) in [6.07, 6.45) is 1.29. The standard InChI is InChI=1S/C30H28N4O3/c1-3-16-31-28(35)20-12-14-21(15-13-20)33-29(36)25-17-23-22-6-4-5-7-24(22)32-26(23)27(34(25)30(33)37)19-10-8-18(2)9-11-19/h4-15,25,27,32H,3,16-17H2,1-2H3,(H,31,35)/t25-,27?/m0/s1. The molecule has 2 N–H and O–H groups in total. The highest BCUT2D eigenvalue weighted by molar-refractivity contribution is 6.22. The van der Waals surface area contributed by atoms with Crippen molar-refractivity contribution < 1.29 is 14.4 Å². The number of amides is 4. The highest BCUT2D eigenvalue weighted by Crippen LogP contribution is 2.44. The number of nitrogens with one attached hydrogen (secondary N) is 2. The number of aromatic amines is 1. The van der Waals surface area contributed by atoms with Crippen LogP contribution in [0.3, 0.4) is 0 Å². The van der Waals surface area contributed by atoms with E-state index in [0.717, 1.165) is 39.7 Å². The molecular formula is C30H28N4O3. The van der Waals surface area contributed by atoms with Gasteiger partial charge in [0, 0.05) is 35.1 Å². The van der Waals surface area contributed by atoms with E-state index in [9.17, 15) is 14.4 Å². The molecule has 7 nitrogen and oxygen atoms in total. The lowest BCUT2D eigenvalue weighted by atomic mass is 9.88. The Labute approximate surface area is 215 Å². The van der Waals surface area contributed by atoms with Crippen LogP contribution < -0.4 is 10.2 Å². The molecule has 1 aromatic heterocycles. The number of carbonyl (C=O) groups is 3. The lowest BCUT2D eigenvalue weighted by molar-refractivity contribution is -0.120. The number of H-pyrrole nitrogens is 1. The smallest absolute Gasteiger partial charge is 0.332 e. The van der Waals surface area contributed by atoms with Crippen molar-refractivity contribution in [3.8, 4) is 0 Å². The van der Waals surface area contributed by atoms with E-state index < -0.39 is 12.1 Å². The third-order valence-electron chi connectivity index (χ3n) is 7.37. The zero-order valence-electron chi connectivity index (χ0n) is 20.8. The third-order valence-corrected chi connectivity index (χ3v) is 7.37. The van der Waals surface area contributed by atoms with Crippen LogP contribution in [0.5, 0.6) is 0 Å². The molecule has 0 aliphatic carbocycles. The predicted molar refractivity (Wildman–Crippen MR) is 143 cm³/mol. The Morgan fingerprint density at radius 1 is 1.00 bits per heavy atom. The Hall–Kier alpha value is -4.39. The van der Waals surface area contributed by atoms with Gasteiger partial charge >= 0.3 is 6.03 Å². The largest absolute Gasteiger partial charge is 0.356 e. The minimum Gasteiger partial charge on any atom is -0.356 e. The number of aryl methyl sites for hydroxylation is 1. The quantitative estimate of drug-likeness (QED) is 0.380. The zero-order chi connectivity index (χ0) is 25.7. The van der Waals surface area contributed by atoms with E-state index in [1.165, 1.54) is 4.90 Å². The van der Waals surface area contributed by atoms with Crippen molar-refractivity contribution in [3.05, 3.63) is 101 Å². The zero-order valence-corrected chi connectivity index (χ0v) is 20.8. The number of anilines is 1.